The maximum absolute atomic E-state index is 13.2. The summed E-state index contributed by atoms with van der Waals surface area (Å²) in [6.45, 7) is 1.96. The Labute approximate surface area is 185 Å². The summed E-state index contributed by atoms with van der Waals surface area (Å²) in [5.41, 5.74) is 2.54. The molecule has 0 bridgehead atoms. The molecule has 8 nitrogen and oxygen atoms in total. The second-order valence-electron chi connectivity index (χ2n) is 7.18. The van der Waals surface area contributed by atoms with E-state index in [4.69, 9.17) is 9.47 Å². The smallest absolute Gasteiger partial charge is 0.280 e. The van der Waals surface area contributed by atoms with Gasteiger partial charge in [0.1, 0.15) is 18.0 Å². The average molecular weight is 432 g/mol. The monoisotopic (exact) mass is 432 g/mol. The molecule has 0 radical (unpaired) electrons. The number of aromatic nitrogens is 3. The molecule has 0 unspecified atom stereocenters. The van der Waals surface area contributed by atoms with Gasteiger partial charge in [0.2, 0.25) is 5.91 Å². The molecule has 2 aromatic heterocycles. The van der Waals surface area contributed by atoms with Gasteiger partial charge in [0.05, 0.1) is 31.0 Å². The Hall–Kier alpha value is -4.07. The van der Waals surface area contributed by atoms with Crippen molar-refractivity contribution in [2.24, 2.45) is 0 Å². The van der Waals surface area contributed by atoms with Crippen LogP contribution in [0.25, 0.3) is 16.7 Å². The first-order valence-corrected chi connectivity index (χ1v) is 10.2. The van der Waals surface area contributed by atoms with Crippen molar-refractivity contribution in [1.82, 2.24) is 14.3 Å². The molecule has 1 N–H and O–H groups in total. The molecular formula is C24H24N4O4. The van der Waals surface area contributed by atoms with Crippen LogP contribution < -0.4 is 20.3 Å². The number of methoxy groups -OCH3 is 2. The molecule has 4 aromatic rings. The lowest BCUT2D eigenvalue weighted by Crippen LogP contribution is -2.27. The summed E-state index contributed by atoms with van der Waals surface area (Å²) in [7, 11) is 3.08. The van der Waals surface area contributed by atoms with Crippen molar-refractivity contribution in [3.8, 4) is 17.2 Å². The first-order chi connectivity index (χ1) is 15.5. The number of rotatable bonds is 7. The van der Waals surface area contributed by atoms with Gasteiger partial charge in [-0.1, -0.05) is 19.1 Å². The largest absolute Gasteiger partial charge is 0.497 e. The third-order valence-electron chi connectivity index (χ3n) is 5.26. The Kier molecular flexibility index (Phi) is 5.93. The zero-order valence-corrected chi connectivity index (χ0v) is 18.2. The van der Waals surface area contributed by atoms with Crippen molar-refractivity contribution < 1.29 is 14.3 Å². The Morgan fingerprint density at radius 2 is 1.84 bits per heavy atom. The van der Waals surface area contributed by atoms with Crippen LogP contribution in [0, 0.1) is 0 Å². The van der Waals surface area contributed by atoms with Crippen molar-refractivity contribution >= 4 is 22.6 Å². The molecule has 0 aliphatic carbocycles. The fraction of sp³-hybridized carbons (Fsp3) is 0.208. The molecule has 0 fully saturated rings. The molecular weight excluding hydrogens is 408 g/mol. The third-order valence-corrected chi connectivity index (χ3v) is 5.26. The van der Waals surface area contributed by atoms with Gasteiger partial charge in [0, 0.05) is 12.3 Å². The van der Waals surface area contributed by atoms with Crippen molar-refractivity contribution in [3.05, 3.63) is 76.7 Å². The lowest BCUT2D eigenvalue weighted by molar-refractivity contribution is -0.117. The number of benzene rings is 2. The first kappa shape index (κ1) is 21.2. The van der Waals surface area contributed by atoms with Crippen LogP contribution in [0.3, 0.4) is 0 Å². The van der Waals surface area contributed by atoms with E-state index in [9.17, 15) is 9.59 Å². The lowest BCUT2D eigenvalue weighted by Gasteiger charge is -2.14. The van der Waals surface area contributed by atoms with E-state index in [-0.39, 0.29) is 18.0 Å². The second kappa shape index (κ2) is 8.97. The molecule has 8 heteroatoms. The fourth-order valence-corrected chi connectivity index (χ4v) is 3.59. The number of hydrogen-bond donors (Lipinski definition) is 1. The molecule has 1 amide bonds. The van der Waals surface area contributed by atoms with Crippen LogP contribution >= 0.6 is 0 Å². The maximum Gasteiger partial charge on any atom is 0.280 e. The van der Waals surface area contributed by atoms with Gasteiger partial charge < -0.3 is 14.8 Å². The average Bonchev–Trinajstić information content (AvgIpc) is 3.10. The van der Waals surface area contributed by atoms with E-state index in [0.29, 0.717) is 33.9 Å². The highest BCUT2D eigenvalue weighted by molar-refractivity contribution is 5.93. The molecule has 0 spiro atoms. The maximum atomic E-state index is 13.2. The number of hydrogen-bond acceptors (Lipinski definition) is 5. The van der Waals surface area contributed by atoms with Crippen LogP contribution in [-0.2, 0) is 17.8 Å². The van der Waals surface area contributed by atoms with E-state index in [1.807, 2.05) is 24.3 Å². The van der Waals surface area contributed by atoms with Gasteiger partial charge in [0.15, 0.2) is 5.65 Å². The summed E-state index contributed by atoms with van der Waals surface area (Å²) < 4.78 is 13.6. The van der Waals surface area contributed by atoms with Crippen molar-refractivity contribution in [2.75, 3.05) is 19.5 Å². The van der Waals surface area contributed by atoms with Crippen molar-refractivity contribution in [1.29, 1.82) is 0 Å². The molecule has 0 aliphatic rings. The zero-order chi connectivity index (χ0) is 22.7. The van der Waals surface area contributed by atoms with E-state index in [1.165, 1.54) is 11.8 Å². The molecule has 32 heavy (non-hydrogen) atoms. The number of amides is 1. The van der Waals surface area contributed by atoms with Crippen LogP contribution in [0.4, 0.5) is 5.69 Å². The van der Waals surface area contributed by atoms with Gasteiger partial charge in [0.25, 0.3) is 5.56 Å². The molecule has 0 saturated carbocycles. The highest BCUT2D eigenvalue weighted by Gasteiger charge is 2.18. The van der Waals surface area contributed by atoms with E-state index in [2.05, 4.69) is 17.2 Å². The Morgan fingerprint density at radius 3 is 2.53 bits per heavy atom. The van der Waals surface area contributed by atoms with Crippen LogP contribution in [0.1, 0.15) is 12.5 Å². The standard InChI is InChI=1S/C24H24N4O4/c1-4-16-7-9-17(10-8-16)28-24(30)19-6-5-13-25-23(19)27(28)15-22(29)26-20-12-11-18(31-2)14-21(20)32-3/h5-14H,4,15H2,1-3H3,(H,26,29). The van der Waals surface area contributed by atoms with E-state index < -0.39 is 0 Å². The number of aryl methyl sites for hydroxylation is 1. The summed E-state index contributed by atoms with van der Waals surface area (Å²) in [5, 5.41) is 3.29. The predicted molar refractivity (Wildman–Crippen MR) is 123 cm³/mol. The van der Waals surface area contributed by atoms with Gasteiger partial charge in [-0.2, -0.15) is 0 Å². The van der Waals surface area contributed by atoms with E-state index in [0.717, 1.165) is 12.0 Å². The quantitative estimate of drug-likeness (QED) is 0.484. The van der Waals surface area contributed by atoms with E-state index in [1.54, 1.807) is 48.3 Å². The second-order valence-corrected chi connectivity index (χ2v) is 7.18. The summed E-state index contributed by atoms with van der Waals surface area (Å²) in [4.78, 5) is 30.5. The SMILES string of the molecule is CCc1ccc(-n2c(=O)c3cccnc3n2CC(=O)Nc2ccc(OC)cc2OC)cc1. The molecule has 164 valence electrons. The van der Waals surface area contributed by atoms with Crippen molar-refractivity contribution in [3.63, 3.8) is 0 Å². The molecule has 2 heterocycles. The molecule has 0 aliphatic heterocycles. The number of fused-ring (bicyclic) bond motifs is 1. The number of anilines is 1. The highest BCUT2D eigenvalue weighted by atomic mass is 16.5. The minimum atomic E-state index is -0.324. The Bertz CT molecular complexity index is 1320. The van der Waals surface area contributed by atoms with Gasteiger partial charge in [-0.25, -0.2) is 9.67 Å². The van der Waals surface area contributed by atoms with Crippen LogP contribution in [-0.4, -0.2) is 34.5 Å². The minimum Gasteiger partial charge on any atom is -0.497 e. The lowest BCUT2D eigenvalue weighted by atomic mass is 10.1. The minimum absolute atomic E-state index is 0.111. The molecule has 0 saturated heterocycles. The Morgan fingerprint density at radius 1 is 1.06 bits per heavy atom. The Balaban J connectivity index is 1.72. The van der Waals surface area contributed by atoms with Crippen LogP contribution in [0.2, 0.25) is 0 Å². The summed E-state index contributed by atoms with van der Waals surface area (Å²) >= 11 is 0. The number of carbonyl (C=O) groups is 1. The number of ether oxygens (including phenoxy) is 2. The van der Waals surface area contributed by atoms with Gasteiger partial charge in [-0.05, 0) is 48.4 Å². The highest BCUT2D eigenvalue weighted by Crippen LogP contribution is 2.29. The van der Waals surface area contributed by atoms with Crippen LogP contribution in [0.15, 0.2) is 65.6 Å². The number of carbonyl (C=O) groups excluding carboxylic acids is 1. The van der Waals surface area contributed by atoms with Crippen molar-refractivity contribution in [2.45, 2.75) is 19.9 Å². The van der Waals surface area contributed by atoms with Gasteiger partial charge in [-0.15, -0.1) is 0 Å². The van der Waals surface area contributed by atoms with Gasteiger partial charge in [-0.3, -0.25) is 14.3 Å². The fourth-order valence-electron chi connectivity index (χ4n) is 3.59. The third kappa shape index (κ3) is 3.94. The number of nitrogens with zero attached hydrogens (tertiary/aromatic N) is 3. The number of pyridine rings is 1. The topological polar surface area (TPSA) is 87.4 Å². The molecule has 2 aromatic carbocycles. The summed E-state index contributed by atoms with van der Waals surface area (Å²) in [6.07, 6.45) is 2.50. The predicted octanol–water partition coefficient (Wildman–Crippen LogP) is 3.41. The molecule has 4 rings (SSSR count). The normalized spacial score (nSPS) is 10.8. The summed E-state index contributed by atoms with van der Waals surface area (Å²) in [5.74, 6) is 0.764. The summed E-state index contributed by atoms with van der Waals surface area (Å²) in [6, 6.07) is 16.2. The van der Waals surface area contributed by atoms with Gasteiger partial charge >= 0.3 is 0 Å². The van der Waals surface area contributed by atoms with Crippen LogP contribution in [0.5, 0.6) is 11.5 Å². The molecule has 0 atom stereocenters. The zero-order valence-electron chi connectivity index (χ0n) is 18.2. The van der Waals surface area contributed by atoms with E-state index >= 15 is 0 Å². The first-order valence-electron chi connectivity index (χ1n) is 10.2. The number of nitrogens with one attached hydrogen (secondary N) is 1.